The number of nitriles is 1. The Morgan fingerprint density at radius 1 is 1.28 bits per heavy atom. The summed E-state index contributed by atoms with van der Waals surface area (Å²) in [4.78, 5) is 30.9. The maximum absolute atomic E-state index is 13.3. The Morgan fingerprint density at radius 3 is 2.56 bits per heavy atom. The molecule has 32 heavy (non-hydrogen) atoms. The maximum Gasteiger partial charge on any atom is 0.235 e. The number of nitrogens with one attached hydrogen (secondary N) is 2. The van der Waals surface area contributed by atoms with Gasteiger partial charge in [-0.1, -0.05) is 50.3 Å². The first-order chi connectivity index (χ1) is 15.4. The number of hydrogen-bond donors (Lipinski definition) is 2. The van der Waals surface area contributed by atoms with Crippen molar-refractivity contribution in [1.29, 1.82) is 5.26 Å². The molecule has 1 aromatic heterocycles. The van der Waals surface area contributed by atoms with Crippen molar-refractivity contribution in [2.75, 3.05) is 0 Å². The van der Waals surface area contributed by atoms with Crippen LogP contribution in [-0.2, 0) is 9.59 Å². The van der Waals surface area contributed by atoms with Crippen molar-refractivity contribution in [3.8, 4) is 6.07 Å². The predicted octanol–water partition coefficient (Wildman–Crippen LogP) is 4.92. The Bertz CT molecular complexity index is 934. The second-order valence-corrected chi connectivity index (χ2v) is 11.6. The molecular weight excluding hydrogens is 440 g/mol. The van der Waals surface area contributed by atoms with Crippen LogP contribution in [0.3, 0.4) is 0 Å². The molecule has 0 saturated heterocycles. The van der Waals surface area contributed by atoms with Gasteiger partial charge in [-0.25, -0.2) is 4.98 Å². The van der Waals surface area contributed by atoms with Crippen molar-refractivity contribution < 1.29 is 9.59 Å². The lowest BCUT2D eigenvalue weighted by atomic mass is 9.67. The van der Waals surface area contributed by atoms with E-state index in [9.17, 15) is 14.9 Å². The third-order valence-electron chi connectivity index (χ3n) is 7.13. The van der Waals surface area contributed by atoms with Crippen molar-refractivity contribution in [1.82, 2.24) is 15.6 Å². The van der Waals surface area contributed by atoms with Crippen LogP contribution >= 0.6 is 23.1 Å². The van der Waals surface area contributed by atoms with Gasteiger partial charge in [-0.2, -0.15) is 5.26 Å². The Kier molecular flexibility index (Phi) is 7.26. The Labute approximate surface area is 198 Å². The van der Waals surface area contributed by atoms with E-state index in [2.05, 4.69) is 21.7 Å². The van der Waals surface area contributed by atoms with E-state index in [0.29, 0.717) is 10.6 Å². The molecular formula is C24H32N4O2S2. The minimum atomic E-state index is -0.513. The van der Waals surface area contributed by atoms with Gasteiger partial charge < -0.3 is 10.6 Å². The first kappa shape index (κ1) is 23.3. The summed E-state index contributed by atoms with van der Waals surface area (Å²) in [5, 5.41) is 19.3. The summed E-state index contributed by atoms with van der Waals surface area (Å²) in [6.07, 6.45) is 10.5. The molecule has 4 rings (SSSR count). The van der Waals surface area contributed by atoms with Crippen LogP contribution in [0.2, 0.25) is 0 Å². The third kappa shape index (κ3) is 4.60. The average Bonchev–Trinajstić information content (AvgIpc) is 3.32. The Morgan fingerprint density at radius 2 is 1.97 bits per heavy atom. The van der Waals surface area contributed by atoms with Gasteiger partial charge in [0.2, 0.25) is 11.8 Å². The molecule has 2 aliphatic carbocycles. The Hall–Kier alpha value is -1.85. The fourth-order valence-corrected chi connectivity index (χ4v) is 7.55. The minimum absolute atomic E-state index is 0.0147. The van der Waals surface area contributed by atoms with Crippen LogP contribution in [0.4, 0.5) is 0 Å². The Balaban J connectivity index is 1.57. The molecule has 8 heteroatoms. The molecule has 3 aliphatic rings. The number of rotatable bonds is 5. The molecule has 1 aromatic rings. The summed E-state index contributed by atoms with van der Waals surface area (Å²) in [6, 6.07) is 2.67. The van der Waals surface area contributed by atoms with Crippen LogP contribution in [-0.4, -0.2) is 28.1 Å². The molecule has 0 bridgehead atoms. The zero-order chi connectivity index (χ0) is 22.7. The van der Waals surface area contributed by atoms with E-state index < -0.39 is 11.3 Å². The normalized spacial score (nSPS) is 24.7. The number of aromatic nitrogens is 1. The highest BCUT2D eigenvalue weighted by atomic mass is 32.2. The van der Waals surface area contributed by atoms with E-state index >= 15 is 0 Å². The molecule has 2 amide bonds. The summed E-state index contributed by atoms with van der Waals surface area (Å²) < 4.78 is 0. The van der Waals surface area contributed by atoms with Crippen molar-refractivity contribution in [2.24, 2.45) is 5.41 Å². The maximum atomic E-state index is 13.3. The molecule has 172 valence electrons. The smallest absolute Gasteiger partial charge is 0.235 e. The number of carbonyl (C=O) groups excluding carboxylic acids is 2. The molecule has 2 saturated carbocycles. The number of thiazole rings is 1. The topological polar surface area (TPSA) is 94.9 Å². The highest BCUT2D eigenvalue weighted by Gasteiger charge is 2.54. The first-order valence-corrected chi connectivity index (χ1v) is 13.6. The van der Waals surface area contributed by atoms with E-state index in [0.717, 1.165) is 62.1 Å². The van der Waals surface area contributed by atoms with Gasteiger partial charge in [0.15, 0.2) is 0 Å². The number of aryl methyl sites for hydroxylation is 1. The van der Waals surface area contributed by atoms with E-state index in [4.69, 9.17) is 0 Å². The molecule has 2 atom stereocenters. The van der Waals surface area contributed by atoms with Crippen molar-refractivity contribution in [2.45, 2.75) is 95.3 Å². The minimum Gasteiger partial charge on any atom is -0.352 e. The van der Waals surface area contributed by atoms with Crippen LogP contribution in [0, 0.1) is 23.7 Å². The van der Waals surface area contributed by atoms with Gasteiger partial charge in [0, 0.05) is 22.5 Å². The fraction of sp³-hybridized carbons (Fsp3) is 0.667. The number of thioether (sulfide) groups is 1. The van der Waals surface area contributed by atoms with Crippen LogP contribution in [0.15, 0.2) is 16.0 Å². The lowest BCUT2D eigenvalue weighted by molar-refractivity contribution is -0.125. The number of amides is 2. The highest BCUT2D eigenvalue weighted by Crippen LogP contribution is 2.57. The fourth-order valence-electron chi connectivity index (χ4n) is 5.49. The SMILES string of the molecule is Cc1csc([C@H]2C(=O)NC(S[C@@H](C)C(=O)NC3CCCCCC3)=C(C#N)C23CCCC3)n1. The summed E-state index contributed by atoms with van der Waals surface area (Å²) in [5.74, 6) is -0.545. The van der Waals surface area contributed by atoms with Crippen LogP contribution < -0.4 is 10.6 Å². The van der Waals surface area contributed by atoms with Gasteiger partial charge >= 0.3 is 0 Å². The zero-order valence-electron chi connectivity index (χ0n) is 18.9. The van der Waals surface area contributed by atoms with Gasteiger partial charge in [0.1, 0.15) is 10.9 Å². The van der Waals surface area contributed by atoms with Crippen LogP contribution in [0.25, 0.3) is 0 Å². The molecule has 6 nitrogen and oxygen atoms in total. The van der Waals surface area contributed by atoms with E-state index in [1.54, 1.807) is 0 Å². The van der Waals surface area contributed by atoms with E-state index in [-0.39, 0.29) is 23.1 Å². The lowest BCUT2D eigenvalue weighted by Crippen LogP contribution is -2.46. The van der Waals surface area contributed by atoms with Gasteiger partial charge in [0.25, 0.3) is 0 Å². The molecule has 1 spiro atoms. The molecule has 0 radical (unpaired) electrons. The van der Waals surface area contributed by atoms with Crippen LogP contribution in [0.1, 0.15) is 87.8 Å². The molecule has 1 aliphatic heterocycles. The number of carbonyl (C=O) groups is 2. The average molecular weight is 473 g/mol. The number of allylic oxidation sites excluding steroid dienone is 1. The van der Waals surface area contributed by atoms with E-state index in [1.165, 1.54) is 35.9 Å². The van der Waals surface area contributed by atoms with Gasteiger partial charge in [0.05, 0.1) is 21.9 Å². The van der Waals surface area contributed by atoms with E-state index in [1.807, 2.05) is 19.2 Å². The molecule has 0 aromatic carbocycles. The molecule has 2 fully saturated rings. The standard InChI is InChI=1S/C24H32N4O2S2/c1-15-14-31-23(26-15)19-21(30)28-22(18(13-25)24(19)11-7-8-12-24)32-16(2)20(29)27-17-9-5-3-4-6-10-17/h14,16-17,19H,3-12H2,1-2H3,(H,27,29)(H,28,30)/t16-,19+/m0/s1. The largest absolute Gasteiger partial charge is 0.352 e. The summed E-state index contributed by atoms with van der Waals surface area (Å²) in [6.45, 7) is 3.79. The van der Waals surface area contributed by atoms with Crippen molar-refractivity contribution in [3.05, 3.63) is 26.7 Å². The monoisotopic (exact) mass is 472 g/mol. The van der Waals surface area contributed by atoms with Crippen molar-refractivity contribution in [3.63, 3.8) is 0 Å². The second-order valence-electron chi connectivity index (χ2n) is 9.39. The number of nitrogens with zero attached hydrogens (tertiary/aromatic N) is 2. The molecule has 2 N–H and O–H groups in total. The van der Waals surface area contributed by atoms with Gasteiger partial charge in [-0.15, -0.1) is 11.3 Å². The molecule has 2 heterocycles. The third-order valence-corrected chi connectivity index (χ3v) is 9.27. The summed E-state index contributed by atoms with van der Waals surface area (Å²) in [5.41, 5.74) is 1.02. The lowest BCUT2D eigenvalue weighted by Gasteiger charge is -2.40. The number of hydrogen-bond acceptors (Lipinski definition) is 6. The second kappa shape index (κ2) is 9.96. The highest BCUT2D eigenvalue weighted by molar-refractivity contribution is 8.04. The first-order valence-electron chi connectivity index (χ1n) is 11.8. The predicted molar refractivity (Wildman–Crippen MR) is 128 cm³/mol. The van der Waals surface area contributed by atoms with Crippen LogP contribution in [0.5, 0.6) is 0 Å². The quantitative estimate of drug-likeness (QED) is 0.593. The van der Waals surface area contributed by atoms with Gasteiger partial charge in [-0.05, 0) is 39.5 Å². The summed E-state index contributed by atoms with van der Waals surface area (Å²) >= 11 is 2.82. The summed E-state index contributed by atoms with van der Waals surface area (Å²) in [7, 11) is 0. The molecule has 0 unspecified atom stereocenters. The van der Waals surface area contributed by atoms with Gasteiger partial charge in [-0.3, -0.25) is 9.59 Å². The van der Waals surface area contributed by atoms with Crippen molar-refractivity contribution >= 4 is 34.9 Å². The zero-order valence-corrected chi connectivity index (χ0v) is 20.5.